The first-order chi connectivity index (χ1) is 7.52. The molecular weight excluding hydrogens is 242 g/mol. The van der Waals surface area contributed by atoms with E-state index in [1.807, 2.05) is 19.2 Å². The lowest BCUT2D eigenvalue weighted by molar-refractivity contribution is 0.0926. The van der Waals surface area contributed by atoms with E-state index in [2.05, 4.69) is 0 Å². The lowest BCUT2D eigenvalue weighted by Crippen LogP contribution is -2.16. The van der Waals surface area contributed by atoms with Crippen molar-refractivity contribution < 1.29 is 4.79 Å². The number of hydrogen-bond donors (Lipinski definition) is 1. The van der Waals surface area contributed by atoms with Crippen molar-refractivity contribution in [3.05, 3.63) is 21.3 Å². The summed E-state index contributed by atoms with van der Waals surface area (Å²) in [5.74, 6) is 0.194. The van der Waals surface area contributed by atoms with Crippen LogP contribution in [0.5, 0.6) is 0 Å². The minimum Gasteiger partial charge on any atom is -0.328 e. The van der Waals surface area contributed by atoms with Gasteiger partial charge in [0.15, 0.2) is 5.78 Å². The van der Waals surface area contributed by atoms with E-state index in [0.29, 0.717) is 9.90 Å². The third kappa shape index (κ3) is 3.89. The smallest absolute Gasteiger partial charge is 0.177 e. The summed E-state index contributed by atoms with van der Waals surface area (Å²) < 4.78 is 0. The van der Waals surface area contributed by atoms with Crippen molar-refractivity contribution in [2.24, 2.45) is 11.7 Å². The van der Waals surface area contributed by atoms with Gasteiger partial charge in [0.1, 0.15) is 0 Å². The van der Waals surface area contributed by atoms with Gasteiger partial charge in [-0.25, -0.2) is 0 Å². The zero-order valence-electron chi connectivity index (χ0n) is 9.70. The fraction of sp³-hybridized carbons (Fsp3) is 0.583. The summed E-state index contributed by atoms with van der Waals surface area (Å²) in [5.41, 5.74) is 5.67. The van der Waals surface area contributed by atoms with Crippen molar-refractivity contribution in [3.8, 4) is 0 Å². The quantitative estimate of drug-likeness (QED) is 0.791. The summed E-state index contributed by atoms with van der Waals surface area (Å²) >= 11 is 7.35. The number of carbonyl (C=O) groups is 1. The standard InChI is InChI=1S/C12H18ClNOS/c1-8(4-3-5-9(2)14)11(15)12-10(13)6-7-16-12/h6-9H,3-5,14H2,1-2H3. The third-order valence-electron chi connectivity index (χ3n) is 2.59. The topological polar surface area (TPSA) is 43.1 Å². The Balaban J connectivity index is 2.46. The molecule has 1 aromatic rings. The highest BCUT2D eigenvalue weighted by Gasteiger charge is 2.18. The average Bonchev–Trinajstić information content (AvgIpc) is 2.62. The summed E-state index contributed by atoms with van der Waals surface area (Å²) in [6.07, 6.45) is 2.85. The van der Waals surface area contributed by atoms with Crippen molar-refractivity contribution in [2.45, 2.75) is 39.2 Å². The van der Waals surface area contributed by atoms with Crippen molar-refractivity contribution >= 4 is 28.7 Å². The summed E-state index contributed by atoms with van der Waals surface area (Å²) in [4.78, 5) is 12.7. The molecule has 0 saturated carbocycles. The Labute approximate surface area is 106 Å². The minimum absolute atomic E-state index is 0.0369. The van der Waals surface area contributed by atoms with Gasteiger partial charge >= 0.3 is 0 Å². The molecular formula is C12H18ClNOS. The van der Waals surface area contributed by atoms with Crippen LogP contribution in [0, 0.1) is 5.92 Å². The number of halogens is 1. The summed E-state index contributed by atoms with van der Waals surface area (Å²) in [6, 6.07) is 1.99. The molecule has 1 aromatic heterocycles. The van der Waals surface area contributed by atoms with E-state index in [-0.39, 0.29) is 17.7 Å². The monoisotopic (exact) mass is 259 g/mol. The molecule has 0 saturated heterocycles. The Bertz CT molecular complexity index is 349. The Kier molecular flexibility index (Phi) is 5.46. The Morgan fingerprint density at radius 2 is 2.19 bits per heavy atom. The first-order valence-electron chi connectivity index (χ1n) is 5.55. The Hall–Kier alpha value is -0.380. The molecule has 0 bridgehead atoms. The molecule has 1 heterocycles. The van der Waals surface area contributed by atoms with Crippen LogP contribution in [0.1, 0.15) is 42.8 Å². The molecule has 0 radical (unpaired) electrons. The van der Waals surface area contributed by atoms with E-state index in [4.69, 9.17) is 17.3 Å². The molecule has 2 atom stereocenters. The number of ketones is 1. The number of carbonyl (C=O) groups excluding carboxylic acids is 1. The van der Waals surface area contributed by atoms with Gasteiger partial charge in [-0.2, -0.15) is 0 Å². The molecule has 0 aliphatic heterocycles. The van der Waals surface area contributed by atoms with E-state index >= 15 is 0 Å². The van der Waals surface area contributed by atoms with Gasteiger partial charge in [0.2, 0.25) is 0 Å². The molecule has 0 aliphatic rings. The molecule has 16 heavy (non-hydrogen) atoms. The highest BCUT2D eigenvalue weighted by molar-refractivity contribution is 7.12. The normalized spacial score (nSPS) is 14.8. The number of rotatable bonds is 6. The van der Waals surface area contributed by atoms with E-state index in [0.717, 1.165) is 19.3 Å². The van der Waals surface area contributed by atoms with E-state index in [1.165, 1.54) is 11.3 Å². The zero-order chi connectivity index (χ0) is 12.1. The summed E-state index contributed by atoms with van der Waals surface area (Å²) in [6.45, 7) is 3.95. The molecule has 0 aromatic carbocycles. The highest BCUT2D eigenvalue weighted by Crippen LogP contribution is 2.26. The van der Waals surface area contributed by atoms with Crippen molar-refractivity contribution in [1.82, 2.24) is 0 Å². The Morgan fingerprint density at radius 3 is 2.69 bits per heavy atom. The second-order valence-corrected chi connectivity index (χ2v) is 5.59. The van der Waals surface area contributed by atoms with Crippen molar-refractivity contribution in [3.63, 3.8) is 0 Å². The fourth-order valence-corrected chi connectivity index (χ4v) is 2.77. The first-order valence-corrected chi connectivity index (χ1v) is 6.81. The molecule has 2 N–H and O–H groups in total. The molecule has 0 fully saturated rings. The SMILES string of the molecule is CC(N)CCCC(C)C(=O)c1sccc1Cl. The van der Waals surface area contributed by atoms with Crippen LogP contribution in [0.3, 0.4) is 0 Å². The van der Waals surface area contributed by atoms with Gasteiger partial charge in [0, 0.05) is 12.0 Å². The van der Waals surface area contributed by atoms with Crippen LogP contribution in [0.25, 0.3) is 0 Å². The second kappa shape index (κ2) is 6.38. The van der Waals surface area contributed by atoms with Gasteiger partial charge in [-0.3, -0.25) is 4.79 Å². The van der Waals surface area contributed by atoms with Crippen LogP contribution in [-0.4, -0.2) is 11.8 Å². The van der Waals surface area contributed by atoms with Crippen LogP contribution in [0.2, 0.25) is 5.02 Å². The minimum atomic E-state index is 0.0369. The zero-order valence-corrected chi connectivity index (χ0v) is 11.3. The van der Waals surface area contributed by atoms with Crippen LogP contribution < -0.4 is 5.73 Å². The molecule has 1 rings (SSSR count). The van der Waals surface area contributed by atoms with E-state index in [1.54, 1.807) is 6.07 Å². The predicted octanol–water partition coefficient (Wildman–Crippen LogP) is 3.74. The second-order valence-electron chi connectivity index (χ2n) is 4.27. The van der Waals surface area contributed by atoms with Gasteiger partial charge in [-0.1, -0.05) is 24.9 Å². The molecule has 2 nitrogen and oxygen atoms in total. The molecule has 2 unspecified atom stereocenters. The molecule has 0 amide bonds. The fourth-order valence-electron chi connectivity index (χ4n) is 1.57. The van der Waals surface area contributed by atoms with Gasteiger partial charge in [0.25, 0.3) is 0 Å². The van der Waals surface area contributed by atoms with Gasteiger partial charge in [0.05, 0.1) is 9.90 Å². The summed E-state index contributed by atoms with van der Waals surface area (Å²) in [5, 5.41) is 2.43. The van der Waals surface area contributed by atoms with E-state index < -0.39 is 0 Å². The van der Waals surface area contributed by atoms with Crippen LogP contribution in [0.4, 0.5) is 0 Å². The molecule has 4 heteroatoms. The molecule has 0 aliphatic carbocycles. The van der Waals surface area contributed by atoms with Crippen molar-refractivity contribution in [2.75, 3.05) is 0 Å². The summed E-state index contributed by atoms with van der Waals surface area (Å²) in [7, 11) is 0. The maximum Gasteiger partial charge on any atom is 0.177 e. The van der Waals surface area contributed by atoms with Gasteiger partial charge in [-0.05, 0) is 31.2 Å². The van der Waals surface area contributed by atoms with E-state index in [9.17, 15) is 4.79 Å². The first kappa shape index (κ1) is 13.7. The highest BCUT2D eigenvalue weighted by atomic mass is 35.5. The molecule has 0 spiro atoms. The number of hydrogen-bond acceptors (Lipinski definition) is 3. The number of nitrogens with two attached hydrogens (primary N) is 1. The third-order valence-corrected chi connectivity index (χ3v) is 3.94. The lowest BCUT2D eigenvalue weighted by Gasteiger charge is -2.10. The molecule has 90 valence electrons. The maximum absolute atomic E-state index is 12.0. The number of Topliss-reactive ketones (excluding diaryl/α,β-unsaturated/α-hetero) is 1. The lowest BCUT2D eigenvalue weighted by atomic mass is 9.97. The van der Waals surface area contributed by atoms with Crippen LogP contribution in [-0.2, 0) is 0 Å². The maximum atomic E-state index is 12.0. The van der Waals surface area contributed by atoms with Gasteiger partial charge in [-0.15, -0.1) is 11.3 Å². The predicted molar refractivity (Wildman–Crippen MR) is 70.3 cm³/mol. The van der Waals surface area contributed by atoms with Crippen LogP contribution >= 0.6 is 22.9 Å². The van der Waals surface area contributed by atoms with Crippen LogP contribution in [0.15, 0.2) is 11.4 Å². The average molecular weight is 260 g/mol. The Morgan fingerprint density at radius 1 is 1.50 bits per heavy atom. The largest absolute Gasteiger partial charge is 0.328 e. The number of thiophene rings is 1. The van der Waals surface area contributed by atoms with Gasteiger partial charge < -0.3 is 5.73 Å². The van der Waals surface area contributed by atoms with Crippen molar-refractivity contribution in [1.29, 1.82) is 0 Å².